The van der Waals surface area contributed by atoms with Gasteiger partial charge in [-0.05, 0) is 30.2 Å². The molecule has 2 nitrogen and oxygen atoms in total. The molecule has 2 atom stereocenters. The van der Waals surface area contributed by atoms with Crippen molar-refractivity contribution < 1.29 is 0 Å². The minimum atomic E-state index is 0.648. The molecule has 22 heavy (non-hydrogen) atoms. The van der Waals surface area contributed by atoms with Crippen LogP contribution in [0.1, 0.15) is 52.0 Å². The highest BCUT2D eigenvalue weighted by Gasteiger charge is 2.26. The predicted molar refractivity (Wildman–Crippen MR) is 96.0 cm³/mol. The van der Waals surface area contributed by atoms with E-state index in [-0.39, 0.29) is 0 Å². The van der Waals surface area contributed by atoms with E-state index in [1.807, 2.05) is 0 Å². The van der Waals surface area contributed by atoms with E-state index >= 15 is 0 Å². The highest BCUT2D eigenvalue weighted by atomic mass is 15.2. The molecule has 124 valence electrons. The zero-order chi connectivity index (χ0) is 15.8. The summed E-state index contributed by atoms with van der Waals surface area (Å²) in [5, 5.41) is 3.81. The lowest BCUT2D eigenvalue weighted by Crippen LogP contribution is -2.49. The summed E-state index contributed by atoms with van der Waals surface area (Å²) in [5.41, 5.74) is 1.40. The highest BCUT2D eigenvalue weighted by molar-refractivity contribution is 5.14. The number of likely N-dealkylation sites (tertiary alicyclic amines) is 1. The molecule has 0 aromatic heterocycles. The van der Waals surface area contributed by atoms with Crippen molar-refractivity contribution in [3.8, 4) is 0 Å². The van der Waals surface area contributed by atoms with Crippen molar-refractivity contribution in [3.05, 3.63) is 35.9 Å². The van der Waals surface area contributed by atoms with E-state index in [0.717, 1.165) is 18.4 Å². The molecule has 1 aliphatic rings. The second-order valence-corrected chi connectivity index (χ2v) is 7.42. The lowest BCUT2D eigenvalue weighted by Gasteiger charge is -2.39. The molecule has 0 spiro atoms. The Bertz CT molecular complexity index is 401. The van der Waals surface area contributed by atoms with Crippen molar-refractivity contribution in [1.29, 1.82) is 0 Å². The Morgan fingerprint density at radius 1 is 1.18 bits per heavy atom. The number of benzene rings is 1. The number of unbranched alkanes of at least 4 members (excludes halogenated alkanes) is 1. The van der Waals surface area contributed by atoms with Gasteiger partial charge in [0.25, 0.3) is 0 Å². The maximum absolute atomic E-state index is 3.81. The van der Waals surface area contributed by atoms with E-state index in [1.165, 1.54) is 50.9 Å². The number of rotatable bonds is 8. The van der Waals surface area contributed by atoms with Gasteiger partial charge in [-0.25, -0.2) is 0 Å². The van der Waals surface area contributed by atoms with Crippen molar-refractivity contribution in [1.82, 2.24) is 10.2 Å². The molecule has 0 amide bonds. The van der Waals surface area contributed by atoms with E-state index in [9.17, 15) is 0 Å². The average molecular weight is 303 g/mol. The number of hydrogen-bond acceptors (Lipinski definition) is 2. The van der Waals surface area contributed by atoms with Crippen molar-refractivity contribution in [2.75, 3.05) is 19.6 Å². The van der Waals surface area contributed by atoms with Crippen molar-refractivity contribution in [3.63, 3.8) is 0 Å². The second-order valence-electron chi connectivity index (χ2n) is 7.42. The first-order valence-corrected chi connectivity index (χ1v) is 9.17. The largest absolute Gasteiger partial charge is 0.309 e. The normalized spacial score (nSPS) is 23.1. The van der Waals surface area contributed by atoms with E-state index in [0.29, 0.717) is 6.04 Å². The third-order valence-electron chi connectivity index (χ3n) is 4.64. The van der Waals surface area contributed by atoms with Crippen LogP contribution >= 0.6 is 0 Å². The number of nitrogens with one attached hydrogen (secondary N) is 1. The molecule has 2 rings (SSSR count). The second kappa shape index (κ2) is 9.32. The van der Waals surface area contributed by atoms with Gasteiger partial charge in [-0.15, -0.1) is 0 Å². The molecule has 1 aromatic rings. The third-order valence-corrected chi connectivity index (χ3v) is 4.64. The fraction of sp³-hybridized carbons (Fsp3) is 0.700. The van der Waals surface area contributed by atoms with E-state index < -0.39 is 0 Å². The van der Waals surface area contributed by atoms with Gasteiger partial charge >= 0.3 is 0 Å². The van der Waals surface area contributed by atoms with Gasteiger partial charge < -0.3 is 10.2 Å². The van der Waals surface area contributed by atoms with Crippen LogP contribution < -0.4 is 5.32 Å². The zero-order valence-corrected chi connectivity index (χ0v) is 14.7. The van der Waals surface area contributed by atoms with Gasteiger partial charge in [0.05, 0.1) is 0 Å². The standard InChI is InChI=1S/C20H34N2/c1-4-5-9-19-12-20(16-22(15-19)14-17(2)3)21-13-18-10-7-6-8-11-18/h6-8,10-11,17,19-21H,4-5,9,12-16H2,1-3H3. The molecular formula is C20H34N2. The summed E-state index contributed by atoms with van der Waals surface area (Å²) in [6, 6.07) is 11.4. The first kappa shape index (κ1) is 17.5. The van der Waals surface area contributed by atoms with E-state index in [2.05, 4.69) is 61.3 Å². The molecule has 1 saturated heterocycles. The SMILES string of the molecule is CCCCC1CC(NCc2ccccc2)CN(CC(C)C)C1. The number of piperidine rings is 1. The summed E-state index contributed by atoms with van der Waals surface area (Å²) in [6.07, 6.45) is 5.45. The first-order chi connectivity index (χ1) is 10.7. The topological polar surface area (TPSA) is 15.3 Å². The Morgan fingerprint density at radius 3 is 2.64 bits per heavy atom. The number of hydrogen-bond donors (Lipinski definition) is 1. The summed E-state index contributed by atoms with van der Waals surface area (Å²) in [4.78, 5) is 2.69. The summed E-state index contributed by atoms with van der Waals surface area (Å²) >= 11 is 0. The average Bonchev–Trinajstić information content (AvgIpc) is 2.51. The monoisotopic (exact) mass is 302 g/mol. The van der Waals surface area contributed by atoms with E-state index in [1.54, 1.807) is 0 Å². The molecule has 2 heteroatoms. The minimum Gasteiger partial charge on any atom is -0.309 e. The summed E-state index contributed by atoms with van der Waals surface area (Å²) in [7, 11) is 0. The molecule has 1 fully saturated rings. The van der Waals surface area contributed by atoms with Crippen molar-refractivity contribution >= 4 is 0 Å². The highest BCUT2D eigenvalue weighted by Crippen LogP contribution is 2.23. The summed E-state index contributed by atoms with van der Waals surface area (Å²) in [5.74, 6) is 1.64. The number of nitrogens with zero attached hydrogens (tertiary/aromatic N) is 1. The zero-order valence-electron chi connectivity index (χ0n) is 14.7. The lowest BCUT2D eigenvalue weighted by atomic mass is 9.89. The molecule has 0 saturated carbocycles. The smallest absolute Gasteiger partial charge is 0.0208 e. The van der Waals surface area contributed by atoms with Crippen LogP contribution in [-0.2, 0) is 6.54 Å². The van der Waals surface area contributed by atoms with Crippen LogP contribution in [0, 0.1) is 11.8 Å². The van der Waals surface area contributed by atoms with Gasteiger partial charge in [0, 0.05) is 32.2 Å². The van der Waals surface area contributed by atoms with Crippen molar-refractivity contribution in [2.24, 2.45) is 11.8 Å². The van der Waals surface area contributed by atoms with Gasteiger partial charge in [-0.1, -0.05) is 63.9 Å². The third kappa shape index (κ3) is 6.10. The summed E-state index contributed by atoms with van der Waals surface area (Å²) < 4.78 is 0. The minimum absolute atomic E-state index is 0.648. The van der Waals surface area contributed by atoms with E-state index in [4.69, 9.17) is 0 Å². The Balaban J connectivity index is 1.87. The van der Waals surface area contributed by atoms with Crippen LogP contribution in [0.4, 0.5) is 0 Å². The molecule has 0 bridgehead atoms. The van der Waals surface area contributed by atoms with Crippen LogP contribution in [0.3, 0.4) is 0 Å². The molecule has 1 N–H and O–H groups in total. The van der Waals surface area contributed by atoms with Gasteiger partial charge in [0.1, 0.15) is 0 Å². The predicted octanol–water partition coefficient (Wildman–Crippen LogP) is 4.31. The Kier molecular flexibility index (Phi) is 7.41. The summed E-state index contributed by atoms with van der Waals surface area (Å²) in [6.45, 7) is 11.7. The Labute approximate surface area is 137 Å². The fourth-order valence-electron chi connectivity index (χ4n) is 3.68. The maximum Gasteiger partial charge on any atom is 0.0208 e. The molecule has 1 aromatic carbocycles. The van der Waals surface area contributed by atoms with Crippen LogP contribution in [0.5, 0.6) is 0 Å². The molecule has 0 radical (unpaired) electrons. The maximum atomic E-state index is 3.81. The van der Waals surface area contributed by atoms with Crippen molar-refractivity contribution in [2.45, 2.75) is 59.0 Å². The van der Waals surface area contributed by atoms with Crippen LogP contribution in [0.25, 0.3) is 0 Å². The van der Waals surface area contributed by atoms with Gasteiger partial charge in [0.15, 0.2) is 0 Å². The Hall–Kier alpha value is -0.860. The van der Waals surface area contributed by atoms with Crippen LogP contribution in [-0.4, -0.2) is 30.6 Å². The Morgan fingerprint density at radius 2 is 1.95 bits per heavy atom. The van der Waals surface area contributed by atoms with Gasteiger partial charge in [-0.2, -0.15) is 0 Å². The fourth-order valence-corrected chi connectivity index (χ4v) is 3.68. The lowest BCUT2D eigenvalue weighted by molar-refractivity contribution is 0.122. The molecule has 1 heterocycles. The van der Waals surface area contributed by atoms with Gasteiger partial charge in [-0.3, -0.25) is 0 Å². The first-order valence-electron chi connectivity index (χ1n) is 9.17. The molecular weight excluding hydrogens is 268 g/mol. The molecule has 1 aliphatic heterocycles. The molecule has 2 unspecified atom stereocenters. The van der Waals surface area contributed by atoms with Gasteiger partial charge in [0.2, 0.25) is 0 Å². The quantitative estimate of drug-likeness (QED) is 0.769. The van der Waals surface area contributed by atoms with Crippen LogP contribution in [0.2, 0.25) is 0 Å². The van der Waals surface area contributed by atoms with Crippen LogP contribution in [0.15, 0.2) is 30.3 Å². The molecule has 0 aliphatic carbocycles.